The summed E-state index contributed by atoms with van der Waals surface area (Å²) in [7, 11) is 0. The van der Waals surface area contributed by atoms with Gasteiger partial charge in [0.05, 0.1) is 5.36 Å². The van der Waals surface area contributed by atoms with Crippen LogP contribution in [0.25, 0.3) is 22.6 Å². The predicted octanol–water partition coefficient (Wildman–Crippen LogP) is 3.15. The van der Waals surface area contributed by atoms with Crippen molar-refractivity contribution in [2.45, 2.75) is 20.8 Å². The lowest BCUT2D eigenvalue weighted by molar-refractivity contribution is 0.611. The Morgan fingerprint density at radius 1 is 1.18 bits per heavy atom. The van der Waals surface area contributed by atoms with Gasteiger partial charge in [0.2, 0.25) is 0 Å². The molecule has 1 aliphatic carbocycles. The second-order valence-corrected chi connectivity index (χ2v) is 5.41. The first-order chi connectivity index (χ1) is 10.5. The van der Waals surface area contributed by atoms with E-state index in [4.69, 9.17) is 15.6 Å². The minimum Gasteiger partial charge on any atom is -0.453 e. The largest absolute Gasteiger partial charge is 0.453 e. The Balaban J connectivity index is 2.31. The summed E-state index contributed by atoms with van der Waals surface area (Å²) < 4.78 is 5.95. The van der Waals surface area contributed by atoms with Crippen LogP contribution in [0.2, 0.25) is 0 Å². The van der Waals surface area contributed by atoms with Gasteiger partial charge in [0.1, 0.15) is 11.2 Å². The normalized spacial score (nSPS) is 11.2. The zero-order valence-corrected chi connectivity index (χ0v) is 13.1. The van der Waals surface area contributed by atoms with Crippen molar-refractivity contribution in [3.63, 3.8) is 0 Å². The summed E-state index contributed by atoms with van der Waals surface area (Å²) in [5.74, 6) is 0.548. The number of nitrogens with two attached hydrogens (primary N) is 1. The number of rotatable bonds is 3. The molecule has 1 aromatic rings. The van der Waals surface area contributed by atoms with E-state index in [9.17, 15) is 0 Å². The van der Waals surface area contributed by atoms with Crippen molar-refractivity contribution < 1.29 is 4.42 Å². The van der Waals surface area contributed by atoms with Crippen LogP contribution in [0.1, 0.15) is 19.4 Å². The highest BCUT2D eigenvalue weighted by Gasteiger charge is 2.14. The summed E-state index contributed by atoms with van der Waals surface area (Å²) in [6, 6.07) is 7.35. The average Bonchev–Trinajstić information content (AvgIpc) is 2.47. The molecule has 0 spiro atoms. The standard InChI is InChI=1S/C17H20N4O/c1-4-21(5-2)14-9-15-13(6-10(14)3)20-17-12(19)7-11(18)8-16(17)22-15/h6-9,19H,4-5,18H2,1-3H3. The van der Waals surface area contributed by atoms with Crippen molar-refractivity contribution in [3.8, 4) is 11.5 Å². The van der Waals surface area contributed by atoms with E-state index in [1.54, 1.807) is 12.1 Å². The molecule has 1 heterocycles. The van der Waals surface area contributed by atoms with Crippen molar-refractivity contribution in [2.24, 2.45) is 0 Å². The van der Waals surface area contributed by atoms with Gasteiger partial charge in [-0.15, -0.1) is 0 Å². The third-order valence-electron chi connectivity index (χ3n) is 3.93. The molecule has 22 heavy (non-hydrogen) atoms. The summed E-state index contributed by atoms with van der Waals surface area (Å²) in [4.78, 5) is 6.86. The predicted molar refractivity (Wildman–Crippen MR) is 89.2 cm³/mol. The molecule has 0 bridgehead atoms. The molecule has 0 fully saturated rings. The average molecular weight is 296 g/mol. The highest BCUT2D eigenvalue weighted by Crippen LogP contribution is 2.29. The monoisotopic (exact) mass is 296 g/mol. The van der Waals surface area contributed by atoms with Crippen molar-refractivity contribution in [1.29, 1.82) is 5.41 Å². The zero-order chi connectivity index (χ0) is 15.9. The minimum atomic E-state index is 0.283. The minimum absolute atomic E-state index is 0.283. The number of aryl methyl sites for hydroxylation is 1. The highest BCUT2D eigenvalue weighted by atomic mass is 16.3. The molecule has 0 amide bonds. The molecular formula is C17H20N4O. The van der Waals surface area contributed by atoms with E-state index in [1.165, 1.54) is 0 Å². The molecule has 0 radical (unpaired) electrons. The Hall–Kier alpha value is -2.56. The van der Waals surface area contributed by atoms with E-state index >= 15 is 0 Å². The van der Waals surface area contributed by atoms with E-state index < -0.39 is 0 Å². The van der Waals surface area contributed by atoms with Crippen molar-refractivity contribution in [2.75, 3.05) is 23.7 Å². The van der Waals surface area contributed by atoms with Crippen LogP contribution in [0, 0.1) is 12.3 Å². The van der Waals surface area contributed by atoms with Gasteiger partial charge >= 0.3 is 0 Å². The Kier molecular flexibility index (Phi) is 3.48. The van der Waals surface area contributed by atoms with E-state index in [0.29, 0.717) is 22.7 Å². The van der Waals surface area contributed by atoms with E-state index in [2.05, 4.69) is 30.7 Å². The third-order valence-corrected chi connectivity index (χ3v) is 3.93. The first-order valence-corrected chi connectivity index (χ1v) is 7.47. The van der Waals surface area contributed by atoms with Gasteiger partial charge in [-0.3, -0.25) is 5.41 Å². The first kappa shape index (κ1) is 14.4. The second-order valence-electron chi connectivity index (χ2n) is 5.41. The maximum absolute atomic E-state index is 7.99. The van der Waals surface area contributed by atoms with E-state index in [-0.39, 0.29) is 5.36 Å². The molecule has 3 N–H and O–H groups in total. The van der Waals surface area contributed by atoms with Crippen LogP contribution in [0.5, 0.6) is 0 Å². The molecule has 0 atom stereocenters. The lowest BCUT2D eigenvalue weighted by atomic mass is 10.1. The quantitative estimate of drug-likeness (QED) is 0.575. The summed E-state index contributed by atoms with van der Waals surface area (Å²) in [6.45, 7) is 8.22. The SMILES string of the molecule is CCN(CC)c1cc2oc3cc(N)cc(=N)c-3nc2cc1C. The fourth-order valence-corrected chi connectivity index (χ4v) is 2.80. The molecule has 0 aromatic heterocycles. The number of aromatic nitrogens is 1. The summed E-state index contributed by atoms with van der Waals surface area (Å²) >= 11 is 0. The topological polar surface area (TPSA) is 79.1 Å². The third kappa shape index (κ3) is 2.28. The van der Waals surface area contributed by atoms with Gasteiger partial charge in [0.25, 0.3) is 0 Å². The Morgan fingerprint density at radius 3 is 2.59 bits per heavy atom. The summed E-state index contributed by atoms with van der Waals surface area (Å²) in [6.07, 6.45) is 0. The van der Waals surface area contributed by atoms with Crippen LogP contribution in [0.4, 0.5) is 11.4 Å². The number of anilines is 2. The molecule has 1 aliphatic heterocycles. The Labute approximate surface area is 129 Å². The summed E-state index contributed by atoms with van der Waals surface area (Å²) in [5, 5.41) is 8.28. The van der Waals surface area contributed by atoms with E-state index in [0.717, 1.165) is 29.9 Å². The second kappa shape index (κ2) is 5.33. The fourth-order valence-electron chi connectivity index (χ4n) is 2.80. The number of hydrogen-bond donors (Lipinski definition) is 2. The number of nitrogens with zero attached hydrogens (tertiary/aromatic N) is 2. The Morgan fingerprint density at radius 2 is 1.91 bits per heavy atom. The number of benzene rings is 2. The molecule has 114 valence electrons. The maximum Gasteiger partial charge on any atom is 0.157 e. The number of nitrogens with one attached hydrogen (secondary N) is 1. The molecule has 5 nitrogen and oxygen atoms in total. The highest BCUT2D eigenvalue weighted by molar-refractivity contribution is 5.82. The van der Waals surface area contributed by atoms with Crippen LogP contribution in [0.3, 0.4) is 0 Å². The molecule has 0 unspecified atom stereocenters. The van der Waals surface area contributed by atoms with Crippen molar-refractivity contribution in [3.05, 3.63) is 35.2 Å². The Bertz CT molecular complexity index is 865. The van der Waals surface area contributed by atoms with Gasteiger partial charge < -0.3 is 15.1 Å². The molecule has 0 saturated heterocycles. The molecule has 0 saturated carbocycles. The van der Waals surface area contributed by atoms with Gasteiger partial charge in [-0.25, -0.2) is 4.98 Å². The van der Waals surface area contributed by atoms with Gasteiger partial charge in [-0.1, -0.05) is 0 Å². The van der Waals surface area contributed by atoms with Gasteiger partial charge in [-0.05, 0) is 38.5 Å². The number of hydrogen-bond acceptors (Lipinski definition) is 5. The van der Waals surface area contributed by atoms with Crippen LogP contribution in [-0.2, 0) is 0 Å². The van der Waals surface area contributed by atoms with Crippen molar-refractivity contribution >= 4 is 22.5 Å². The summed E-state index contributed by atoms with van der Waals surface area (Å²) in [5.41, 5.74) is 10.6. The molecule has 2 aliphatic rings. The number of nitrogen functional groups attached to an aromatic ring is 1. The van der Waals surface area contributed by atoms with E-state index in [1.807, 2.05) is 12.1 Å². The molecule has 1 aromatic carbocycles. The lowest BCUT2D eigenvalue weighted by Gasteiger charge is -2.23. The smallest absolute Gasteiger partial charge is 0.157 e. The number of fused-ring (bicyclic) bond motifs is 2. The van der Waals surface area contributed by atoms with Crippen molar-refractivity contribution in [1.82, 2.24) is 4.98 Å². The van der Waals surface area contributed by atoms with Crippen LogP contribution in [0.15, 0.2) is 28.7 Å². The van der Waals surface area contributed by atoms with Gasteiger partial charge in [0, 0.05) is 36.6 Å². The zero-order valence-electron chi connectivity index (χ0n) is 13.1. The van der Waals surface area contributed by atoms with Crippen LogP contribution < -0.4 is 16.0 Å². The maximum atomic E-state index is 7.99. The molecular weight excluding hydrogens is 276 g/mol. The van der Waals surface area contributed by atoms with Gasteiger partial charge in [0.15, 0.2) is 11.3 Å². The van der Waals surface area contributed by atoms with Crippen LogP contribution >= 0.6 is 0 Å². The van der Waals surface area contributed by atoms with Gasteiger partial charge in [-0.2, -0.15) is 0 Å². The fraction of sp³-hybridized carbons (Fsp3) is 0.294. The molecule has 5 heteroatoms. The lowest BCUT2D eigenvalue weighted by Crippen LogP contribution is -2.22. The first-order valence-electron chi connectivity index (χ1n) is 7.47. The van der Waals surface area contributed by atoms with Crippen LogP contribution in [-0.4, -0.2) is 18.1 Å². The molecule has 3 rings (SSSR count).